The lowest BCUT2D eigenvalue weighted by Crippen LogP contribution is -2.30. The molecular weight excluding hydrogens is 374 g/mol. The summed E-state index contributed by atoms with van der Waals surface area (Å²) in [6.45, 7) is 3.75. The summed E-state index contributed by atoms with van der Waals surface area (Å²) >= 11 is 1.46. The van der Waals surface area contributed by atoms with Crippen LogP contribution < -0.4 is 10.6 Å². The first-order valence-corrected chi connectivity index (χ1v) is 9.66. The number of nitrogens with zero attached hydrogens (tertiary/aromatic N) is 3. The molecule has 2 amide bonds. The third-order valence-electron chi connectivity index (χ3n) is 3.87. The van der Waals surface area contributed by atoms with Crippen LogP contribution >= 0.6 is 11.8 Å². The standard InChI is InChI=1S/C20H21N5O2S/c1-14(28-18-6-4-17(5-7-18)24-15(2)26)20(27)22-13-16-8-10-21-19(12-16)25-11-3-9-23-25/h3-12,14H,13H2,1-2H3,(H,22,27)(H,24,26). The fourth-order valence-corrected chi connectivity index (χ4v) is 3.40. The number of carbonyl (C=O) groups excluding carboxylic acids is 2. The molecule has 0 saturated carbocycles. The molecule has 1 aromatic carbocycles. The van der Waals surface area contributed by atoms with E-state index in [0.717, 1.165) is 16.1 Å². The molecule has 2 N–H and O–H groups in total. The fraction of sp³-hybridized carbons (Fsp3) is 0.200. The van der Waals surface area contributed by atoms with Gasteiger partial charge in [0.15, 0.2) is 5.82 Å². The highest BCUT2D eigenvalue weighted by Crippen LogP contribution is 2.25. The zero-order valence-electron chi connectivity index (χ0n) is 15.6. The minimum Gasteiger partial charge on any atom is -0.351 e. The third kappa shape index (κ3) is 5.43. The molecule has 0 aliphatic rings. The van der Waals surface area contributed by atoms with Gasteiger partial charge in [-0.15, -0.1) is 11.8 Å². The molecule has 2 aromatic heterocycles. The second-order valence-electron chi connectivity index (χ2n) is 6.16. The van der Waals surface area contributed by atoms with Crippen LogP contribution in [0, 0.1) is 0 Å². The highest BCUT2D eigenvalue weighted by molar-refractivity contribution is 8.00. The summed E-state index contributed by atoms with van der Waals surface area (Å²) in [5.74, 6) is 0.548. The number of anilines is 1. The van der Waals surface area contributed by atoms with Crippen molar-refractivity contribution in [2.45, 2.75) is 30.5 Å². The summed E-state index contributed by atoms with van der Waals surface area (Å²) in [5, 5.41) is 9.59. The van der Waals surface area contributed by atoms with E-state index in [0.29, 0.717) is 12.4 Å². The number of carbonyl (C=O) groups is 2. The number of benzene rings is 1. The molecule has 1 unspecified atom stereocenters. The predicted octanol–water partition coefficient (Wildman–Crippen LogP) is 3.02. The minimum absolute atomic E-state index is 0.0478. The Bertz CT molecular complexity index is 941. The maximum absolute atomic E-state index is 12.4. The topological polar surface area (TPSA) is 88.9 Å². The quantitative estimate of drug-likeness (QED) is 0.600. The summed E-state index contributed by atoms with van der Waals surface area (Å²) in [6, 6.07) is 13.0. The smallest absolute Gasteiger partial charge is 0.233 e. The molecule has 7 nitrogen and oxygen atoms in total. The van der Waals surface area contributed by atoms with Crippen LogP contribution in [0.5, 0.6) is 0 Å². The van der Waals surface area contributed by atoms with Crippen LogP contribution in [0.3, 0.4) is 0 Å². The summed E-state index contributed by atoms with van der Waals surface area (Å²) in [4.78, 5) is 28.7. The number of pyridine rings is 1. The lowest BCUT2D eigenvalue weighted by atomic mass is 10.2. The van der Waals surface area contributed by atoms with Gasteiger partial charge < -0.3 is 10.6 Å². The number of rotatable bonds is 7. The monoisotopic (exact) mass is 395 g/mol. The van der Waals surface area contributed by atoms with E-state index < -0.39 is 0 Å². The van der Waals surface area contributed by atoms with Gasteiger partial charge in [-0.25, -0.2) is 9.67 Å². The zero-order chi connectivity index (χ0) is 19.9. The number of aromatic nitrogens is 3. The molecule has 3 rings (SSSR count). The molecule has 1 atom stereocenters. The van der Waals surface area contributed by atoms with E-state index in [2.05, 4.69) is 20.7 Å². The minimum atomic E-state index is -0.251. The van der Waals surface area contributed by atoms with Crippen molar-refractivity contribution in [1.82, 2.24) is 20.1 Å². The van der Waals surface area contributed by atoms with E-state index in [1.54, 1.807) is 17.1 Å². The van der Waals surface area contributed by atoms with Crippen molar-refractivity contribution in [3.8, 4) is 5.82 Å². The van der Waals surface area contributed by atoms with Gasteiger partial charge in [-0.05, 0) is 55.0 Å². The fourth-order valence-electron chi connectivity index (χ4n) is 2.51. The second kappa shape index (κ2) is 9.18. The lowest BCUT2D eigenvalue weighted by Gasteiger charge is -2.13. The predicted molar refractivity (Wildman–Crippen MR) is 109 cm³/mol. The molecule has 3 aromatic rings. The molecule has 0 aliphatic carbocycles. The highest BCUT2D eigenvalue weighted by atomic mass is 32.2. The molecule has 0 fully saturated rings. The third-order valence-corrected chi connectivity index (χ3v) is 4.98. The van der Waals surface area contributed by atoms with Gasteiger partial charge in [0.2, 0.25) is 11.8 Å². The van der Waals surface area contributed by atoms with Crippen molar-refractivity contribution in [1.29, 1.82) is 0 Å². The van der Waals surface area contributed by atoms with Crippen molar-refractivity contribution in [3.05, 3.63) is 66.6 Å². The number of amides is 2. The van der Waals surface area contributed by atoms with E-state index >= 15 is 0 Å². The average molecular weight is 395 g/mol. The number of thioether (sulfide) groups is 1. The van der Waals surface area contributed by atoms with Crippen LogP contribution in [-0.4, -0.2) is 31.8 Å². The molecule has 8 heteroatoms. The summed E-state index contributed by atoms with van der Waals surface area (Å²) < 4.78 is 1.68. The highest BCUT2D eigenvalue weighted by Gasteiger charge is 2.14. The van der Waals surface area contributed by atoms with Crippen molar-refractivity contribution in [3.63, 3.8) is 0 Å². The Morgan fingerprint density at radius 3 is 2.64 bits per heavy atom. The van der Waals surface area contributed by atoms with E-state index in [4.69, 9.17) is 0 Å². The van der Waals surface area contributed by atoms with E-state index in [1.165, 1.54) is 18.7 Å². The first kappa shape index (κ1) is 19.6. The van der Waals surface area contributed by atoms with Gasteiger partial charge in [-0.2, -0.15) is 5.10 Å². The van der Waals surface area contributed by atoms with Gasteiger partial charge in [-0.1, -0.05) is 0 Å². The van der Waals surface area contributed by atoms with E-state index in [1.807, 2.05) is 55.6 Å². The Hall–Kier alpha value is -3.13. The number of nitrogens with one attached hydrogen (secondary N) is 2. The van der Waals surface area contributed by atoms with Gasteiger partial charge in [0.05, 0.1) is 5.25 Å². The molecule has 28 heavy (non-hydrogen) atoms. The Balaban J connectivity index is 1.53. The normalized spacial score (nSPS) is 11.6. The Morgan fingerprint density at radius 1 is 1.18 bits per heavy atom. The molecule has 0 aliphatic heterocycles. The van der Waals surface area contributed by atoms with E-state index in [-0.39, 0.29) is 17.1 Å². The van der Waals surface area contributed by atoms with Crippen LogP contribution in [0.15, 0.2) is 66.0 Å². The molecule has 0 radical (unpaired) electrons. The lowest BCUT2D eigenvalue weighted by molar-refractivity contribution is -0.120. The average Bonchev–Trinajstić information content (AvgIpc) is 3.22. The summed E-state index contributed by atoms with van der Waals surface area (Å²) in [7, 11) is 0. The van der Waals surface area contributed by atoms with Crippen molar-refractivity contribution in [2.24, 2.45) is 0 Å². The van der Waals surface area contributed by atoms with Crippen LogP contribution in [0.2, 0.25) is 0 Å². The second-order valence-corrected chi connectivity index (χ2v) is 7.57. The van der Waals surface area contributed by atoms with Gasteiger partial charge >= 0.3 is 0 Å². The zero-order valence-corrected chi connectivity index (χ0v) is 16.4. The molecule has 0 bridgehead atoms. The molecule has 144 valence electrons. The largest absolute Gasteiger partial charge is 0.351 e. The Morgan fingerprint density at radius 2 is 1.96 bits per heavy atom. The summed E-state index contributed by atoms with van der Waals surface area (Å²) in [6.07, 6.45) is 5.21. The van der Waals surface area contributed by atoms with Crippen LogP contribution in [-0.2, 0) is 16.1 Å². The van der Waals surface area contributed by atoms with Gasteiger partial charge in [0, 0.05) is 42.6 Å². The van der Waals surface area contributed by atoms with Gasteiger partial charge in [0.1, 0.15) is 0 Å². The summed E-state index contributed by atoms with van der Waals surface area (Å²) in [5.41, 5.74) is 1.69. The molecule has 0 saturated heterocycles. The van der Waals surface area contributed by atoms with Crippen LogP contribution in [0.4, 0.5) is 5.69 Å². The molecule has 0 spiro atoms. The Labute approximate surface area is 167 Å². The van der Waals surface area contributed by atoms with Crippen molar-refractivity contribution >= 4 is 29.3 Å². The molecular formula is C20H21N5O2S. The Kier molecular flexibility index (Phi) is 6.44. The first-order valence-electron chi connectivity index (χ1n) is 8.78. The van der Waals surface area contributed by atoms with E-state index in [9.17, 15) is 9.59 Å². The van der Waals surface area contributed by atoms with Crippen molar-refractivity contribution < 1.29 is 9.59 Å². The molecule has 2 heterocycles. The maximum Gasteiger partial charge on any atom is 0.233 e. The number of hydrogen-bond donors (Lipinski definition) is 2. The van der Waals surface area contributed by atoms with Gasteiger partial charge in [0.25, 0.3) is 0 Å². The van der Waals surface area contributed by atoms with Crippen molar-refractivity contribution in [2.75, 3.05) is 5.32 Å². The number of hydrogen-bond acceptors (Lipinski definition) is 5. The van der Waals surface area contributed by atoms with Crippen LogP contribution in [0.1, 0.15) is 19.4 Å². The first-order chi connectivity index (χ1) is 13.5. The maximum atomic E-state index is 12.4. The van der Waals surface area contributed by atoms with Crippen LogP contribution in [0.25, 0.3) is 5.82 Å². The van der Waals surface area contributed by atoms with Gasteiger partial charge in [-0.3, -0.25) is 9.59 Å². The SMILES string of the molecule is CC(=O)Nc1ccc(SC(C)C(=O)NCc2ccnc(-n3cccn3)c2)cc1.